The molecule has 1 rings (SSSR count). The number of rotatable bonds is 0. The van der Waals surface area contributed by atoms with E-state index in [2.05, 4.69) is 0 Å². The molecular weight excluding hydrogens is 139 g/mol. The standard InChI is InChI=1S/C6H9FO3/c7-3-1-2-4(8)6(10)5(3)9/h1-6,8-10H/t3-,4-,5+,6+/m0/s1. The average Bonchev–Trinajstić information content (AvgIpc) is 1.93. The van der Waals surface area contributed by atoms with Crippen LogP contribution in [0.5, 0.6) is 0 Å². The second kappa shape index (κ2) is 2.65. The van der Waals surface area contributed by atoms with Crippen molar-refractivity contribution in [1.29, 1.82) is 0 Å². The lowest BCUT2D eigenvalue weighted by Crippen LogP contribution is -2.44. The number of aliphatic hydroxyl groups is 3. The molecule has 1 aliphatic rings. The molecule has 0 heterocycles. The predicted octanol–water partition coefficient (Wildman–Crippen LogP) is -1.02. The van der Waals surface area contributed by atoms with E-state index in [4.69, 9.17) is 15.3 Å². The van der Waals surface area contributed by atoms with Crippen molar-refractivity contribution in [3.8, 4) is 0 Å². The minimum atomic E-state index is -1.57. The van der Waals surface area contributed by atoms with Crippen LogP contribution in [0.2, 0.25) is 0 Å². The van der Waals surface area contributed by atoms with E-state index in [-0.39, 0.29) is 0 Å². The SMILES string of the molecule is O[C@H]1[C@H](O)[C@@H](F)C=C[C@@H]1O. The van der Waals surface area contributed by atoms with E-state index >= 15 is 0 Å². The van der Waals surface area contributed by atoms with E-state index in [1.165, 1.54) is 0 Å². The Morgan fingerprint density at radius 3 is 2.10 bits per heavy atom. The Bertz CT molecular complexity index is 132. The third-order valence-electron chi connectivity index (χ3n) is 1.52. The summed E-state index contributed by atoms with van der Waals surface area (Å²) in [5.41, 5.74) is 0. The third kappa shape index (κ3) is 1.18. The zero-order valence-electron chi connectivity index (χ0n) is 5.18. The zero-order chi connectivity index (χ0) is 7.72. The van der Waals surface area contributed by atoms with Gasteiger partial charge in [-0.3, -0.25) is 0 Å². The first-order valence-corrected chi connectivity index (χ1v) is 2.99. The fourth-order valence-corrected chi connectivity index (χ4v) is 0.838. The van der Waals surface area contributed by atoms with Crippen LogP contribution in [0.3, 0.4) is 0 Å². The molecule has 0 spiro atoms. The Labute approximate surface area is 57.4 Å². The summed E-state index contributed by atoms with van der Waals surface area (Å²) in [5, 5.41) is 26.4. The van der Waals surface area contributed by atoms with E-state index < -0.39 is 24.5 Å². The van der Waals surface area contributed by atoms with Crippen molar-refractivity contribution in [3.05, 3.63) is 12.2 Å². The highest BCUT2D eigenvalue weighted by Crippen LogP contribution is 2.15. The monoisotopic (exact) mass is 148 g/mol. The van der Waals surface area contributed by atoms with E-state index in [1.54, 1.807) is 0 Å². The van der Waals surface area contributed by atoms with E-state index in [1.807, 2.05) is 0 Å². The van der Waals surface area contributed by atoms with Crippen molar-refractivity contribution in [3.63, 3.8) is 0 Å². The van der Waals surface area contributed by atoms with Crippen LogP contribution in [0.25, 0.3) is 0 Å². The summed E-state index contributed by atoms with van der Waals surface area (Å²) >= 11 is 0. The molecule has 4 heteroatoms. The molecule has 0 aromatic rings. The smallest absolute Gasteiger partial charge is 0.147 e. The molecule has 1 aliphatic carbocycles. The van der Waals surface area contributed by atoms with Crippen molar-refractivity contribution < 1.29 is 19.7 Å². The van der Waals surface area contributed by atoms with Gasteiger partial charge < -0.3 is 15.3 Å². The van der Waals surface area contributed by atoms with Crippen molar-refractivity contribution in [2.24, 2.45) is 0 Å². The molecule has 0 bridgehead atoms. The molecule has 10 heavy (non-hydrogen) atoms. The second-order valence-electron chi connectivity index (χ2n) is 2.30. The fraction of sp³-hybridized carbons (Fsp3) is 0.667. The third-order valence-corrected chi connectivity index (χ3v) is 1.52. The van der Waals surface area contributed by atoms with Gasteiger partial charge in [0.15, 0.2) is 0 Å². The molecule has 3 nitrogen and oxygen atoms in total. The van der Waals surface area contributed by atoms with Gasteiger partial charge in [0.05, 0.1) is 0 Å². The average molecular weight is 148 g/mol. The summed E-state index contributed by atoms with van der Waals surface area (Å²) in [6, 6.07) is 0. The number of aliphatic hydroxyl groups excluding tert-OH is 3. The summed E-state index contributed by atoms with van der Waals surface area (Å²) in [7, 11) is 0. The number of alkyl halides is 1. The normalized spacial score (nSPS) is 47.6. The first-order chi connectivity index (χ1) is 4.63. The quantitative estimate of drug-likeness (QED) is 0.385. The highest BCUT2D eigenvalue weighted by atomic mass is 19.1. The molecule has 0 aliphatic heterocycles. The Kier molecular flexibility index (Phi) is 2.03. The highest BCUT2D eigenvalue weighted by molar-refractivity contribution is 5.07. The maximum atomic E-state index is 12.4. The fourth-order valence-electron chi connectivity index (χ4n) is 0.838. The van der Waals surface area contributed by atoms with Gasteiger partial charge in [0.25, 0.3) is 0 Å². The maximum absolute atomic E-state index is 12.4. The summed E-state index contributed by atoms with van der Waals surface area (Å²) in [4.78, 5) is 0. The Hall–Kier alpha value is -0.450. The summed E-state index contributed by atoms with van der Waals surface area (Å²) in [5.74, 6) is 0. The summed E-state index contributed by atoms with van der Waals surface area (Å²) < 4.78 is 12.4. The lowest BCUT2D eigenvalue weighted by molar-refractivity contribution is -0.0708. The van der Waals surface area contributed by atoms with Gasteiger partial charge in [0.1, 0.15) is 24.5 Å². The summed E-state index contributed by atoms with van der Waals surface area (Å²) in [6.07, 6.45) is -3.47. The Balaban J connectivity index is 2.69. The van der Waals surface area contributed by atoms with Crippen molar-refractivity contribution >= 4 is 0 Å². The van der Waals surface area contributed by atoms with E-state index in [0.717, 1.165) is 12.2 Å². The second-order valence-corrected chi connectivity index (χ2v) is 2.30. The van der Waals surface area contributed by atoms with Crippen molar-refractivity contribution in [1.82, 2.24) is 0 Å². The van der Waals surface area contributed by atoms with Gasteiger partial charge in [0.2, 0.25) is 0 Å². The van der Waals surface area contributed by atoms with Crippen LogP contribution in [-0.2, 0) is 0 Å². The van der Waals surface area contributed by atoms with Crippen LogP contribution >= 0.6 is 0 Å². The van der Waals surface area contributed by atoms with E-state index in [9.17, 15) is 4.39 Å². The van der Waals surface area contributed by atoms with Gasteiger partial charge in [-0.1, -0.05) is 6.08 Å². The first-order valence-electron chi connectivity index (χ1n) is 2.99. The van der Waals surface area contributed by atoms with Crippen molar-refractivity contribution in [2.75, 3.05) is 0 Å². The zero-order valence-corrected chi connectivity index (χ0v) is 5.18. The Morgan fingerprint density at radius 1 is 1.00 bits per heavy atom. The molecule has 0 aromatic carbocycles. The summed E-state index contributed by atoms with van der Waals surface area (Å²) in [6.45, 7) is 0. The molecule has 0 amide bonds. The Morgan fingerprint density at radius 2 is 1.60 bits per heavy atom. The number of hydrogen-bond acceptors (Lipinski definition) is 3. The minimum Gasteiger partial charge on any atom is -0.387 e. The van der Waals surface area contributed by atoms with Gasteiger partial charge in [-0.05, 0) is 6.08 Å². The van der Waals surface area contributed by atoms with Crippen LogP contribution < -0.4 is 0 Å². The molecule has 0 aromatic heterocycles. The highest BCUT2D eigenvalue weighted by Gasteiger charge is 2.32. The maximum Gasteiger partial charge on any atom is 0.147 e. The van der Waals surface area contributed by atoms with Gasteiger partial charge in [-0.25, -0.2) is 4.39 Å². The molecule has 0 radical (unpaired) electrons. The molecule has 0 fully saturated rings. The molecule has 0 saturated heterocycles. The van der Waals surface area contributed by atoms with Gasteiger partial charge >= 0.3 is 0 Å². The lowest BCUT2D eigenvalue weighted by Gasteiger charge is -2.26. The topological polar surface area (TPSA) is 60.7 Å². The first kappa shape index (κ1) is 7.65. The molecule has 4 atom stereocenters. The number of hydrogen-bond donors (Lipinski definition) is 3. The molecule has 58 valence electrons. The molecular formula is C6H9FO3. The largest absolute Gasteiger partial charge is 0.387 e. The van der Waals surface area contributed by atoms with E-state index in [0.29, 0.717) is 0 Å². The van der Waals surface area contributed by atoms with Gasteiger partial charge in [-0.2, -0.15) is 0 Å². The van der Waals surface area contributed by atoms with Gasteiger partial charge in [-0.15, -0.1) is 0 Å². The van der Waals surface area contributed by atoms with Crippen LogP contribution in [0.4, 0.5) is 4.39 Å². The molecule has 0 saturated carbocycles. The van der Waals surface area contributed by atoms with Crippen LogP contribution in [-0.4, -0.2) is 39.8 Å². The van der Waals surface area contributed by atoms with Crippen LogP contribution in [0.1, 0.15) is 0 Å². The lowest BCUT2D eigenvalue weighted by atomic mass is 9.97. The van der Waals surface area contributed by atoms with Gasteiger partial charge in [0, 0.05) is 0 Å². The number of halogens is 1. The van der Waals surface area contributed by atoms with Crippen LogP contribution in [0.15, 0.2) is 12.2 Å². The predicted molar refractivity (Wildman–Crippen MR) is 32.1 cm³/mol. The molecule has 3 N–H and O–H groups in total. The molecule has 0 unspecified atom stereocenters. The minimum absolute atomic E-state index is 1.03. The van der Waals surface area contributed by atoms with Crippen LogP contribution in [0, 0.1) is 0 Å². The van der Waals surface area contributed by atoms with Crippen molar-refractivity contribution in [2.45, 2.75) is 24.5 Å².